The summed E-state index contributed by atoms with van der Waals surface area (Å²) in [5.74, 6) is 8.68. The Morgan fingerprint density at radius 2 is 2.08 bits per heavy atom. The fourth-order valence-corrected chi connectivity index (χ4v) is 4.08. The molecule has 1 saturated carbocycles. The molecule has 1 fully saturated rings. The summed E-state index contributed by atoms with van der Waals surface area (Å²) in [5, 5.41) is 10.7. The van der Waals surface area contributed by atoms with Gasteiger partial charge < -0.3 is 19.3 Å². The molecule has 3 aliphatic rings. The summed E-state index contributed by atoms with van der Waals surface area (Å²) in [4.78, 5) is 2.21. The molecule has 0 aromatic heterocycles. The standard InChI is InChI=1S/C20H25NO4/c1-21-11-7-14-12-16-18(25-13-24-16)19(23-2)17(14)15(21)6-10-20(22)8-4-3-5-9-20/h12,15,22H,3-5,7-9,11,13H2,1-2H3/t15-/m1/s1. The molecule has 0 saturated heterocycles. The third kappa shape index (κ3) is 2.94. The van der Waals surface area contributed by atoms with Crippen LogP contribution in [-0.2, 0) is 6.42 Å². The number of aliphatic hydroxyl groups is 1. The summed E-state index contributed by atoms with van der Waals surface area (Å²) in [5.41, 5.74) is 1.39. The first-order valence-electron chi connectivity index (χ1n) is 9.06. The molecule has 0 radical (unpaired) electrons. The van der Waals surface area contributed by atoms with E-state index in [1.165, 1.54) is 12.0 Å². The van der Waals surface area contributed by atoms with Crippen LogP contribution in [0, 0.1) is 11.8 Å². The Labute approximate surface area is 148 Å². The first kappa shape index (κ1) is 16.6. The maximum Gasteiger partial charge on any atom is 0.231 e. The molecule has 134 valence electrons. The monoisotopic (exact) mass is 343 g/mol. The molecule has 1 N–H and O–H groups in total. The minimum absolute atomic E-state index is 0.112. The number of methoxy groups -OCH3 is 1. The summed E-state index contributed by atoms with van der Waals surface area (Å²) in [6, 6.07) is 1.94. The third-order valence-corrected chi connectivity index (χ3v) is 5.52. The van der Waals surface area contributed by atoms with Crippen LogP contribution < -0.4 is 14.2 Å². The van der Waals surface area contributed by atoms with Gasteiger partial charge in [-0.2, -0.15) is 0 Å². The van der Waals surface area contributed by atoms with Crippen molar-refractivity contribution in [1.82, 2.24) is 4.90 Å². The van der Waals surface area contributed by atoms with E-state index >= 15 is 0 Å². The number of rotatable bonds is 1. The molecule has 5 heteroatoms. The smallest absolute Gasteiger partial charge is 0.231 e. The summed E-state index contributed by atoms with van der Waals surface area (Å²) in [6.07, 6.45) is 5.73. The summed E-state index contributed by atoms with van der Waals surface area (Å²) < 4.78 is 16.9. The van der Waals surface area contributed by atoms with Gasteiger partial charge in [-0.05, 0) is 50.8 Å². The summed E-state index contributed by atoms with van der Waals surface area (Å²) in [6.45, 7) is 1.13. The van der Waals surface area contributed by atoms with Gasteiger partial charge in [0.2, 0.25) is 12.5 Å². The Hall–Kier alpha value is -1.90. The third-order valence-electron chi connectivity index (χ3n) is 5.52. The molecule has 1 atom stereocenters. The van der Waals surface area contributed by atoms with Gasteiger partial charge in [0.1, 0.15) is 11.6 Å². The minimum Gasteiger partial charge on any atom is -0.492 e. The van der Waals surface area contributed by atoms with E-state index in [1.54, 1.807) is 7.11 Å². The Bertz CT molecular complexity index is 727. The first-order valence-corrected chi connectivity index (χ1v) is 9.06. The molecule has 25 heavy (non-hydrogen) atoms. The summed E-state index contributed by atoms with van der Waals surface area (Å²) in [7, 11) is 3.72. The Kier molecular flexibility index (Phi) is 4.26. The topological polar surface area (TPSA) is 51.2 Å². The molecule has 0 bridgehead atoms. The number of hydrogen-bond acceptors (Lipinski definition) is 5. The number of benzene rings is 1. The van der Waals surface area contributed by atoms with E-state index in [4.69, 9.17) is 14.2 Å². The van der Waals surface area contributed by atoms with Gasteiger partial charge in [-0.1, -0.05) is 18.3 Å². The van der Waals surface area contributed by atoms with Crippen LogP contribution in [0.3, 0.4) is 0 Å². The fraction of sp³-hybridized carbons (Fsp3) is 0.600. The van der Waals surface area contributed by atoms with Crippen LogP contribution in [-0.4, -0.2) is 43.1 Å². The lowest BCUT2D eigenvalue weighted by atomic mass is 9.84. The number of likely N-dealkylation sites (N-methyl/N-ethyl adjacent to an activating group) is 1. The van der Waals surface area contributed by atoms with Crippen molar-refractivity contribution in [3.8, 4) is 29.1 Å². The van der Waals surface area contributed by atoms with Gasteiger partial charge in [0, 0.05) is 12.1 Å². The van der Waals surface area contributed by atoms with Crippen molar-refractivity contribution in [2.45, 2.75) is 50.2 Å². The highest BCUT2D eigenvalue weighted by Gasteiger charge is 2.34. The highest BCUT2D eigenvalue weighted by Crippen LogP contribution is 2.49. The van der Waals surface area contributed by atoms with Crippen LogP contribution in [0.5, 0.6) is 17.2 Å². The predicted molar refractivity (Wildman–Crippen MR) is 94.0 cm³/mol. The molecule has 1 aromatic rings. The van der Waals surface area contributed by atoms with Crippen molar-refractivity contribution in [1.29, 1.82) is 0 Å². The lowest BCUT2D eigenvalue weighted by Crippen LogP contribution is -2.33. The highest BCUT2D eigenvalue weighted by molar-refractivity contribution is 5.63. The van der Waals surface area contributed by atoms with Gasteiger partial charge in [-0.25, -0.2) is 0 Å². The molecule has 1 aromatic carbocycles. The van der Waals surface area contributed by atoms with Crippen molar-refractivity contribution in [3.63, 3.8) is 0 Å². The second-order valence-corrected chi connectivity index (χ2v) is 7.21. The van der Waals surface area contributed by atoms with Crippen molar-refractivity contribution in [2.24, 2.45) is 0 Å². The molecular weight excluding hydrogens is 318 g/mol. The van der Waals surface area contributed by atoms with Crippen LogP contribution in [0.1, 0.15) is 49.3 Å². The zero-order chi connectivity index (χ0) is 17.4. The number of fused-ring (bicyclic) bond motifs is 2. The van der Waals surface area contributed by atoms with E-state index < -0.39 is 5.60 Å². The molecule has 5 nitrogen and oxygen atoms in total. The van der Waals surface area contributed by atoms with Crippen LogP contribution in [0.4, 0.5) is 0 Å². The molecule has 1 aliphatic carbocycles. The molecule has 2 aliphatic heterocycles. The zero-order valence-corrected chi connectivity index (χ0v) is 14.9. The van der Waals surface area contributed by atoms with E-state index in [1.807, 2.05) is 0 Å². The van der Waals surface area contributed by atoms with Gasteiger partial charge in [0.05, 0.1) is 7.11 Å². The average molecular weight is 343 g/mol. The first-order chi connectivity index (χ1) is 12.1. The van der Waals surface area contributed by atoms with Crippen LogP contribution >= 0.6 is 0 Å². The Balaban J connectivity index is 1.76. The number of ether oxygens (including phenoxy) is 3. The molecule has 4 rings (SSSR count). The lowest BCUT2D eigenvalue weighted by molar-refractivity contribution is 0.0606. The van der Waals surface area contributed by atoms with E-state index in [-0.39, 0.29) is 12.8 Å². The maximum absolute atomic E-state index is 10.7. The fourth-order valence-electron chi connectivity index (χ4n) is 4.08. The van der Waals surface area contributed by atoms with Crippen LogP contribution in [0.2, 0.25) is 0 Å². The van der Waals surface area contributed by atoms with E-state index in [0.29, 0.717) is 11.5 Å². The van der Waals surface area contributed by atoms with Crippen molar-refractivity contribution in [2.75, 3.05) is 27.5 Å². The van der Waals surface area contributed by atoms with Gasteiger partial charge in [0.25, 0.3) is 0 Å². The van der Waals surface area contributed by atoms with E-state index in [9.17, 15) is 5.11 Å². The summed E-state index contributed by atoms with van der Waals surface area (Å²) >= 11 is 0. The molecule has 0 unspecified atom stereocenters. The average Bonchev–Trinajstić information content (AvgIpc) is 3.08. The lowest BCUT2D eigenvalue weighted by Gasteiger charge is -2.33. The van der Waals surface area contributed by atoms with Gasteiger partial charge in [-0.3, -0.25) is 4.90 Å². The molecule has 0 spiro atoms. The van der Waals surface area contributed by atoms with Gasteiger partial charge in [0.15, 0.2) is 11.5 Å². The van der Waals surface area contributed by atoms with Crippen molar-refractivity contribution in [3.05, 3.63) is 17.2 Å². The minimum atomic E-state index is -0.847. The van der Waals surface area contributed by atoms with Gasteiger partial charge >= 0.3 is 0 Å². The number of hydrogen-bond donors (Lipinski definition) is 1. The highest BCUT2D eigenvalue weighted by atomic mass is 16.7. The second-order valence-electron chi connectivity index (χ2n) is 7.21. The number of nitrogens with zero attached hydrogens (tertiary/aromatic N) is 1. The molecule has 2 heterocycles. The maximum atomic E-state index is 10.7. The predicted octanol–water partition coefficient (Wildman–Crippen LogP) is 2.65. The van der Waals surface area contributed by atoms with Gasteiger partial charge in [-0.15, -0.1) is 0 Å². The molecular formula is C20H25NO4. The Morgan fingerprint density at radius 3 is 2.84 bits per heavy atom. The van der Waals surface area contributed by atoms with Crippen LogP contribution in [0.25, 0.3) is 0 Å². The Morgan fingerprint density at radius 1 is 1.28 bits per heavy atom. The van der Waals surface area contributed by atoms with Crippen molar-refractivity contribution < 1.29 is 19.3 Å². The van der Waals surface area contributed by atoms with E-state index in [0.717, 1.165) is 50.0 Å². The normalized spacial score (nSPS) is 24.2. The largest absolute Gasteiger partial charge is 0.492 e. The zero-order valence-electron chi connectivity index (χ0n) is 14.9. The SMILES string of the molecule is COc1c2c(cc3c1[C@@H](C#CC1(O)CCCCC1)N(C)CC3)OCO2. The second kappa shape index (κ2) is 6.44. The van der Waals surface area contributed by atoms with E-state index in [2.05, 4.69) is 29.9 Å². The molecule has 0 amide bonds. The van der Waals surface area contributed by atoms with Crippen molar-refractivity contribution >= 4 is 0 Å². The van der Waals surface area contributed by atoms with Crippen LogP contribution in [0.15, 0.2) is 6.07 Å². The quantitative estimate of drug-likeness (QED) is 0.795.